The van der Waals surface area contributed by atoms with Crippen molar-refractivity contribution >= 4 is 47.8 Å². The Labute approximate surface area is 297 Å². The van der Waals surface area contributed by atoms with E-state index in [-0.39, 0.29) is 0 Å². The lowest BCUT2D eigenvalue weighted by Crippen LogP contribution is -2.37. The summed E-state index contributed by atoms with van der Waals surface area (Å²) in [6.07, 6.45) is -4.24. The second-order valence-electron chi connectivity index (χ2n) is 10.4. The van der Waals surface area contributed by atoms with Gasteiger partial charge in [-0.3, -0.25) is 4.74 Å². The number of carbonyl (C=O) groups is 8. The number of aromatic carboxylic acids is 4. The van der Waals surface area contributed by atoms with Gasteiger partial charge in [-0.1, -0.05) is 48.5 Å². The van der Waals surface area contributed by atoms with E-state index in [9.17, 15) is 58.8 Å². The summed E-state index contributed by atoms with van der Waals surface area (Å²) < 4.78 is 26.5. The van der Waals surface area contributed by atoms with Crippen molar-refractivity contribution in [2.75, 3.05) is 13.2 Å². The Balaban J connectivity index is 1.68. The van der Waals surface area contributed by atoms with Crippen molar-refractivity contribution in [1.82, 2.24) is 0 Å². The summed E-state index contributed by atoms with van der Waals surface area (Å²) in [6, 6.07) is 19.4. The summed E-state index contributed by atoms with van der Waals surface area (Å²) in [5.74, 6) is -11.2. The van der Waals surface area contributed by atoms with E-state index >= 15 is 0 Å². The topological polar surface area (TPSA) is 264 Å². The lowest BCUT2D eigenvalue weighted by molar-refractivity contribution is -0.229. The molecule has 4 rings (SSSR count). The summed E-state index contributed by atoms with van der Waals surface area (Å²) in [5.41, 5.74) is -3.81. The van der Waals surface area contributed by atoms with Gasteiger partial charge >= 0.3 is 47.8 Å². The van der Waals surface area contributed by atoms with Crippen molar-refractivity contribution in [3.8, 4) is 0 Å². The van der Waals surface area contributed by atoms with Gasteiger partial charge in [-0.25, -0.2) is 38.4 Å². The number of hydrogen-bond acceptors (Lipinski definition) is 13. The number of esters is 4. The Morgan fingerprint density at radius 3 is 0.849 bits per heavy atom. The van der Waals surface area contributed by atoms with E-state index in [0.717, 1.165) is 48.5 Å². The van der Waals surface area contributed by atoms with Gasteiger partial charge in [0.25, 0.3) is 0 Å². The summed E-state index contributed by atoms with van der Waals surface area (Å²) >= 11 is 0. The molecule has 53 heavy (non-hydrogen) atoms. The normalized spacial score (nSPS) is 11.6. The Hall–Kier alpha value is -7.40. The van der Waals surface area contributed by atoms with E-state index in [2.05, 4.69) is 0 Å². The molecule has 0 aliphatic rings. The summed E-state index contributed by atoms with van der Waals surface area (Å²) in [5, 5.41) is 38.1. The van der Waals surface area contributed by atoms with Crippen LogP contribution in [-0.2, 0) is 23.7 Å². The van der Waals surface area contributed by atoms with E-state index in [0.29, 0.717) is 0 Å². The number of carbonyl (C=O) groups excluding carboxylic acids is 4. The van der Waals surface area contributed by atoms with Gasteiger partial charge in [0, 0.05) is 0 Å². The van der Waals surface area contributed by atoms with E-state index in [1.165, 1.54) is 48.5 Å². The van der Waals surface area contributed by atoms with Gasteiger partial charge in [0.2, 0.25) is 12.6 Å². The van der Waals surface area contributed by atoms with Gasteiger partial charge in [-0.05, 0) is 48.5 Å². The number of hydrogen-bond donors (Lipinski definition) is 4. The smallest absolute Gasteiger partial charge is 0.341 e. The molecule has 2 unspecified atom stereocenters. The molecule has 2 atom stereocenters. The highest BCUT2D eigenvalue weighted by molar-refractivity contribution is 6.04. The van der Waals surface area contributed by atoms with Crippen LogP contribution in [0.15, 0.2) is 97.1 Å². The maximum Gasteiger partial charge on any atom is 0.341 e. The van der Waals surface area contributed by atoms with Crippen LogP contribution in [0, 0.1) is 0 Å². The molecule has 0 radical (unpaired) electrons. The molecule has 0 aromatic heterocycles. The molecule has 0 aliphatic heterocycles. The average molecular weight is 731 g/mol. The molecule has 272 valence electrons. The Kier molecular flexibility index (Phi) is 12.7. The summed E-state index contributed by atoms with van der Waals surface area (Å²) in [7, 11) is 0. The van der Waals surface area contributed by atoms with Crippen molar-refractivity contribution in [3.63, 3.8) is 0 Å². The van der Waals surface area contributed by atoms with Gasteiger partial charge in [0.1, 0.15) is 0 Å². The second-order valence-corrected chi connectivity index (χ2v) is 10.4. The highest BCUT2D eigenvalue weighted by atomic mass is 16.8. The fraction of sp³-hybridized carbons (Fsp3) is 0.111. The van der Waals surface area contributed by atoms with Crippen LogP contribution in [0.4, 0.5) is 0 Å². The third-order valence-corrected chi connectivity index (χ3v) is 6.99. The van der Waals surface area contributed by atoms with Gasteiger partial charge in [-0.2, -0.15) is 0 Å². The molecule has 4 N–H and O–H groups in total. The first-order chi connectivity index (χ1) is 25.3. The van der Waals surface area contributed by atoms with Gasteiger partial charge < -0.3 is 39.4 Å². The third kappa shape index (κ3) is 9.86. The van der Waals surface area contributed by atoms with Crippen LogP contribution in [0.5, 0.6) is 0 Å². The van der Waals surface area contributed by atoms with Crippen LogP contribution in [0.2, 0.25) is 0 Å². The number of benzene rings is 4. The standard InChI is InChI=1S/C36H26O17/c37-29(38)19-9-1-5-13-23(19)33(45)49-17-27(52-35(47)25-15-7-3-11-21(25)31(41)42)51-28(53-36(48)26-16-8-4-12-22(26)32(43)44)18-50-34(46)24-14-6-2-10-20(24)30(39)40/h1-16,27-28H,17-18H2,(H,37,38)(H,39,40)(H,41,42)(H,43,44). The lowest BCUT2D eigenvalue weighted by atomic mass is 10.1. The van der Waals surface area contributed by atoms with Crippen LogP contribution in [-0.4, -0.2) is 94.0 Å². The average Bonchev–Trinajstić information content (AvgIpc) is 3.15. The molecular weight excluding hydrogens is 704 g/mol. The molecule has 0 fully saturated rings. The second kappa shape index (κ2) is 17.5. The number of rotatable bonds is 16. The molecule has 0 saturated heterocycles. The molecule has 0 amide bonds. The minimum absolute atomic E-state index is 0.430. The maximum absolute atomic E-state index is 13.2. The van der Waals surface area contributed by atoms with Gasteiger partial charge in [0.15, 0.2) is 13.2 Å². The zero-order chi connectivity index (χ0) is 38.7. The van der Waals surface area contributed by atoms with E-state index < -0.39 is 118 Å². The van der Waals surface area contributed by atoms with Crippen LogP contribution in [0.25, 0.3) is 0 Å². The minimum Gasteiger partial charge on any atom is -0.478 e. The predicted molar refractivity (Wildman–Crippen MR) is 174 cm³/mol. The molecular formula is C36H26O17. The van der Waals surface area contributed by atoms with Crippen molar-refractivity contribution in [1.29, 1.82) is 0 Å². The van der Waals surface area contributed by atoms with Crippen molar-refractivity contribution in [2.45, 2.75) is 12.6 Å². The fourth-order valence-electron chi connectivity index (χ4n) is 4.57. The van der Waals surface area contributed by atoms with Gasteiger partial charge in [0.05, 0.1) is 44.5 Å². The zero-order valence-electron chi connectivity index (χ0n) is 26.9. The number of carboxylic acid groups (broad SMARTS) is 4. The van der Waals surface area contributed by atoms with E-state index in [1.807, 2.05) is 0 Å². The molecule has 0 saturated carbocycles. The monoisotopic (exact) mass is 730 g/mol. The van der Waals surface area contributed by atoms with Gasteiger partial charge in [-0.15, -0.1) is 0 Å². The lowest BCUT2D eigenvalue weighted by Gasteiger charge is -2.25. The molecule has 0 spiro atoms. The van der Waals surface area contributed by atoms with Crippen molar-refractivity contribution < 1.29 is 82.5 Å². The highest BCUT2D eigenvalue weighted by Crippen LogP contribution is 2.19. The SMILES string of the molecule is O=C(O)c1ccccc1C(=O)OCC(OC(=O)c1ccccc1C(=O)O)OC(COC(=O)c1ccccc1C(=O)O)OC(=O)c1ccccc1C(=O)O. The minimum atomic E-state index is -2.12. The third-order valence-electron chi connectivity index (χ3n) is 6.99. The first kappa shape index (κ1) is 38.4. The maximum atomic E-state index is 13.2. The molecule has 0 aliphatic carbocycles. The number of ether oxygens (including phenoxy) is 5. The largest absolute Gasteiger partial charge is 0.478 e. The van der Waals surface area contributed by atoms with Crippen LogP contribution < -0.4 is 0 Å². The Morgan fingerprint density at radius 2 is 0.604 bits per heavy atom. The van der Waals surface area contributed by atoms with E-state index in [1.54, 1.807) is 0 Å². The Morgan fingerprint density at radius 1 is 0.377 bits per heavy atom. The van der Waals surface area contributed by atoms with Crippen LogP contribution in [0.3, 0.4) is 0 Å². The fourth-order valence-corrected chi connectivity index (χ4v) is 4.57. The van der Waals surface area contributed by atoms with E-state index in [4.69, 9.17) is 23.7 Å². The van der Waals surface area contributed by atoms with Crippen LogP contribution in [0.1, 0.15) is 82.9 Å². The molecule has 0 heterocycles. The quantitative estimate of drug-likeness (QED) is 0.0724. The zero-order valence-corrected chi connectivity index (χ0v) is 26.9. The van der Waals surface area contributed by atoms with Crippen molar-refractivity contribution in [3.05, 3.63) is 142 Å². The highest BCUT2D eigenvalue weighted by Gasteiger charge is 2.31. The summed E-state index contributed by atoms with van der Waals surface area (Å²) in [6.45, 7) is -2.13. The summed E-state index contributed by atoms with van der Waals surface area (Å²) in [4.78, 5) is 99.3. The van der Waals surface area contributed by atoms with Crippen molar-refractivity contribution in [2.24, 2.45) is 0 Å². The first-order valence-electron chi connectivity index (χ1n) is 15.0. The molecule has 4 aromatic rings. The number of carboxylic acids is 4. The molecule has 17 heteroatoms. The van der Waals surface area contributed by atoms with Crippen LogP contribution >= 0.6 is 0 Å². The molecule has 0 bridgehead atoms. The predicted octanol–water partition coefficient (Wildman–Crippen LogP) is 3.88. The molecule has 17 nitrogen and oxygen atoms in total. The Bertz CT molecular complexity index is 1940. The first-order valence-corrected chi connectivity index (χ1v) is 15.0. The molecule has 4 aromatic carbocycles.